The normalized spacial score (nSPS) is 18.0. The topological polar surface area (TPSA) is 66.1 Å². The van der Waals surface area contributed by atoms with Crippen molar-refractivity contribution in [2.24, 2.45) is 0 Å². The number of para-hydroxylation sites is 1. The van der Waals surface area contributed by atoms with Gasteiger partial charge in [-0.25, -0.2) is 4.98 Å². The first kappa shape index (κ1) is 15.1. The molecular weight excluding hydrogens is 322 g/mol. The van der Waals surface area contributed by atoms with Gasteiger partial charge >= 0.3 is 0 Å². The lowest BCUT2D eigenvalue weighted by molar-refractivity contribution is 0.0706. The fraction of sp³-hybridized carbons (Fsp3) is 0.278. The molecule has 0 aliphatic carbocycles. The van der Waals surface area contributed by atoms with Gasteiger partial charge in [0, 0.05) is 31.3 Å². The first-order valence-corrected chi connectivity index (χ1v) is 8.86. The molecule has 1 amide bonds. The molecular formula is C18H17N3O2S. The first-order valence-electron chi connectivity index (χ1n) is 8.04. The number of nitrogens with one attached hydrogen (secondary N) is 1. The zero-order valence-corrected chi connectivity index (χ0v) is 13.9. The van der Waals surface area contributed by atoms with E-state index in [0.717, 1.165) is 29.9 Å². The minimum atomic E-state index is -0.197. The van der Waals surface area contributed by atoms with Gasteiger partial charge in [0.25, 0.3) is 5.91 Å². The Morgan fingerprint density at radius 1 is 1.25 bits per heavy atom. The van der Waals surface area contributed by atoms with Crippen molar-refractivity contribution in [3.8, 4) is 0 Å². The van der Waals surface area contributed by atoms with Gasteiger partial charge in [0.2, 0.25) is 5.56 Å². The smallest absolute Gasteiger partial charge is 0.255 e. The average molecular weight is 339 g/mol. The van der Waals surface area contributed by atoms with E-state index in [1.807, 2.05) is 23.1 Å². The monoisotopic (exact) mass is 339 g/mol. The number of fused-ring (bicyclic) bond motifs is 1. The second-order valence-electron chi connectivity index (χ2n) is 6.05. The standard InChI is InChI=1S/C18H17N3O2S/c22-16-8-7-12(10-19-16)18(23)21-9-3-4-13(11-21)17-20-14-5-1-2-6-15(14)24-17/h1-2,5-8,10,13H,3-4,9,11H2,(H,19,22)/t13-/m0/s1. The van der Waals surface area contributed by atoms with E-state index in [4.69, 9.17) is 4.98 Å². The quantitative estimate of drug-likeness (QED) is 0.780. The summed E-state index contributed by atoms with van der Waals surface area (Å²) in [5, 5.41) is 1.11. The Kier molecular flexibility index (Phi) is 3.90. The maximum atomic E-state index is 12.6. The van der Waals surface area contributed by atoms with E-state index in [0.29, 0.717) is 12.1 Å². The molecule has 1 N–H and O–H groups in total. The molecule has 5 nitrogen and oxygen atoms in total. The van der Waals surface area contributed by atoms with Crippen molar-refractivity contribution in [2.75, 3.05) is 13.1 Å². The maximum Gasteiger partial charge on any atom is 0.255 e. The maximum absolute atomic E-state index is 12.6. The number of thiazole rings is 1. The lowest BCUT2D eigenvalue weighted by Crippen LogP contribution is -2.39. The largest absolute Gasteiger partial charge is 0.338 e. The fourth-order valence-electron chi connectivity index (χ4n) is 3.15. The highest BCUT2D eigenvalue weighted by Gasteiger charge is 2.27. The SMILES string of the molecule is O=C(c1ccc(=O)[nH]c1)N1CCC[C@H](c2nc3ccccc3s2)C1. The van der Waals surface area contributed by atoms with Crippen molar-refractivity contribution in [3.63, 3.8) is 0 Å². The Balaban J connectivity index is 1.55. The summed E-state index contributed by atoms with van der Waals surface area (Å²) in [6.45, 7) is 1.43. The summed E-state index contributed by atoms with van der Waals surface area (Å²) in [5.41, 5.74) is 1.36. The van der Waals surface area contributed by atoms with Crippen molar-refractivity contribution in [3.05, 3.63) is 63.5 Å². The Morgan fingerprint density at radius 3 is 2.92 bits per heavy atom. The Morgan fingerprint density at radius 2 is 2.12 bits per heavy atom. The molecule has 3 heterocycles. The van der Waals surface area contributed by atoms with Gasteiger partial charge < -0.3 is 9.88 Å². The number of benzene rings is 1. The summed E-state index contributed by atoms with van der Waals surface area (Å²) >= 11 is 1.72. The zero-order chi connectivity index (χ0) is 16.5. The number of rotatable bonds is 2. The van der Waals surface area contributed by atoms with Crippen LogP contribution in [0.2, 0.25) is 0 Å². The van der Waals surface area contributed by atoms with Gasteiger partial charge in [-0.1, -0.05) is 12.1 Å². The Bertz CT molecular complexity index is 893. The van der Waals surface area contributed by atoms with Gasteiger partial charge in [0.1, 0.15) is 0 Å². The molecule has 0 radical (unpaired) electrons. The minimum absolute atomic E-state index is 0.0305. The van der Waals surface area contributed by atoms with Crippen LogP contribution in [0.15, 0.2) is 47.4 Å². The lowest BCUT2D eigenvalue weighted by Gasteiger charge is -2.31. The summed E-state index contributed by atoms with van der Waals surface area (Å²) in [6.07, 6.45) is 3.51. The number of nitrogens with zero attached hydrogens (tertiary/aromatic N) is 2. The number of pyridine rings is 1. The van der Waals surface area contributed by atoms with E-state index in [1.54, 1.807) is 17.4 Å². The van der Waals surface area contributed by atoms with Gasteiger partial charge in [-0.05, 0) is 31.0 Å². The highest BCUT2D eigenvalue weighted by atomic mass is 32.1. The summed E-state index contributed by atoms with van der Waals surface area (Å²) in [6, 6.07) is 11.1. The first-order chi connectivity index (χ1) is 11.7. The molecule has 122 valence electrons. The molecule has 0 bridgehead atoms. The van der Waals surface area contributed by atoms with E-state index >= 15 is 0 Å². The van der Waals surface area contributed by atoms with Crippen LogP contribution in [0.4, 0.5) is 0 Å². The number of hydrogen-bond donors (Lipinski definition) is 1. The molecule has 1 saturated heterocycles. The molecule has 6 heteroatoms. The molecule has 3 aromatic rings. The number of piperidine rings is 1. The molecule has 24 heavy (non-hydrogen) atoms. The van der Waals surface area contributed by atoms with E-state index in [2.05, 4.69) is 11.1 Å². The number of carbonyl (C=O) groups is 1. The van der Waals surface area contributed by atoms with E-state index in [-0.39, 0.29) is 17.4 Å². The van der Waals surface area contributed by atoms with Gasteiger partial charge in [-0.15, -0.1) is 11.3 Å². The average Bonchev–Trinajstić information content (AvgIpc) is 3.06. The highest BCUT2D eigenvalue weighted by Crippen LogP contribution is 2.33. The van der Waals surface area contributed by atoms with Crippen molar-refractivity contribution in [1.29, 1.82) is 0 Å². The number of hydrogen-bond acceptors (Lipinski definition) is 4. The van der Waals surface area contributed by atoms with E-state index in [1.165, 1.54) is 17.0 Å². The molecule has 1 fully saturated rings. The van der Waals surface area contributed by atoms with Crippen LogP contribution in [0.3, 0.4) is 0 Å². The third-order valence-electron chi connectivity index (χ3n) is 4.40. The van der Waals surface area contributed by atoms with Crippen LogP contribution in [0.1, 0.15) is 34.1 Å². The van der Waals surface area contributed by atoms with Gasteiger partial charge in [-0.3, -0.25) is 9.59 Å². The van der Waals surface area contributed by atoms with Crippen LogP contribution in [0, 0.1) is 0 Å². The van der Waals surface area contributed by atoms with Gasteiger partial charge in [-0.2, -0.15) is 0 Å². The molecule has 0 saturated carbocycles. The molecule has 1 aliphatic rings. The van der Waals surface area contributed by atoms with Crippen molar-refractivity contribution in [2.45, 2.75) is 18.8 Å². The lowest BCUT2D eigenvalue weighted by atomic mass is 9.98. The van der Waals surface area contributed by atoms with Crippen LogP contribution in [-0.4, -0.2) is 33.9 Å². The summed E-state index contributed by atoms with van der Waals surface area (Å²) in [4.78, 5) is 33.0. The van der Waals surface area contributed by atoms with Crippen LogP contribution >= 0.6 is 11.3 Å². The number of H-pyrrole nitrogens is 1. The second kappa shape index (κ2) is 6.20. The summed E-state index contributed by atoms with van der Waals surface area (Å²) in [5.74, 6) is 0.250. The predicted molar refractivity (Wildman–Crippen MR) is 94.6 cm³/mol. The number of likely N-dealkylation sites (tertiary alicyclic amines) is 1. The summed E-state index contributed by atoms with van der Waals surface area (Å²) < 4.78 is 1.19. The fourth-order valence-corrected chi connectivity index (χ4v) is 4.25. The van der Waals surface area contributed by atoms with E-state index in [9.17, 15) is 9.59 Å². The molecule has 0 unspecified atom stereocenters. The van der Waals surface area contributed by atoms with Crippen LogP contribution in [-0.2, 0) is 0 Å². The molecule has 0 spiro atoms. The van der Waals surface area contributed by atoms with Gasteiger partial charge in [0.05, 0.1) is 20.8 Å². The second-order valence-corrected chi connectivity index (χ2v) is 7.11. The van der Waals surface area contributed by atoms with Crippen LogP contribution < -0.4 is 5.56 Å². The van der Waals surface area contributed by atoms with Crippen LogP contribution in [0.25, 0.3) is 10.2 Å². The summed E-state index contributed by atoms with van der Waals surface area (Å²) in [7, 11) is 0. The number of aromatic amines is 1. The number of carbonyl (C=O) groups excluding carboxylic acids is 1. The Hall–Kier alpha value is -2.47. The minimum Gasteiger partial charge on any atom is -0.338 e. The Labute approximate surface area is 143 Å². The van der Waals surface area contributed by atoms with Crippen LogP contribution in [0.5, 0.6) is 0 Å². The molecule has 2 aromatic heterocycles. The number of aromatic nitrogens is 2. The third kappa shape index (κ3) is 2.85. The molecule has 1 aromatic carbocycles. The van der Waals surface area contributed by atoms with Crippen molar-refractivity contribution >= 4 is 27.5 Å². The zero-order valence-electron chi connectivity index (χ0n) is 13.1. The predicted octanol–water partition coefficient (Wildman–Crippen LogP) is 3.00. The van der Waals surface area contributed by atoms with Gasteiger partial charge in [0.15, 0.2) is 0 Å². The highest BCUT2D eigenvalue weighted by molar-refractivity contribution is 7.18. The van der Waals surface area contributed by atoms with Crippen molar-refractivity contribution < 1.29 is 4.79 Å². The van der Waals surface area contributed by atoms with Crippen molar-refractivity contribution in [1.82, 2.24) is 14.9 Å². The molecule has 4 rings (SSSR count). The third-order valence-corrected chi connectivity index (χ3v) is 5.60. The van der Waals surface area contributed by atoms with E-state index < -0.39 is 0 Å². The molecule has 1 atom stereocenters. The molecule has 1 aliphatic heterocycles. The number of amides is 1.